The molecule has 0 radical (unpaired) electrons. The van der Waals surface area contributed by atoms with Crippen LogP contribution in [-0.4, -0.2) is 39.1 Å². The van der Waals surface area contributed by atoms with Gasteiger partial charge in [-0.3, -0.25) is 4.79 Å². The Morgan fingerprint density at radius 1 is 1.71 bits per heavy atom. The van der Waals surface area contributed by atoms with Gasteiger partial charge in [-0.1, -0.05) is 13.3 Å². The second-order valence-corrected chi connectivity index (χ2v) is 2.93. The molecule has 1 aromatic rings. The van der Waals surface area contributed by atoms with Gasteiger partial charge in [-0.15, -0.1) is 10.2 Å². The molecule has 0 saturated carbocycles. The number of nitrogens with one attached hydrogen (secondary N) is 2. The Morgan fingerprint density at radius 3 is 3.00 bits per heavy atom. The minimum Gasteiger partial charge on any atom is -0.345 e. The van der Waals surface area contributed by atoms with Gasteiger partial charge in [0.1, 0.15) is 0 Å². The van der Waals surface area contributed by atoms with Crippen LogP contribution in [0.5, 0.6) is 0 Å². The first-order valence-corrected chi connectivity index (χ1v) is 4.52. The zero-order valence-corrected chi connectivity index (χ0v) is 8.03. The number of nitrogens with zero attached hydrogens (tertiary/aromatic N) is 3. The third-order valence-electron chi connectivity index (χ3n) is 1.81. The summed E-state index contributed by atoms with van der Waals surface area (Å²) in [4.78, 5) is 11.4. The predicted molar refractivity (Wildman–Crippen MR) is 49.4 cm³/mol. The maximum atomic E-state index is 11.4. The zero-order valence-electron chi connectivity index (χ0n) is 8.03. The van der Waals surface area contributed by atoms with Crippen LogP contribution in [0.3, 0.4) is 0 Å². The highest BCUT2D eigenvalue weighted by Crippen LogP contribution is 1.95. The van der Waals surface area contributed by atoms with Crippen molar-refractivity contribution in [3.8, 4) is 0 Å². The summed E-state index contributed by atoms with van der Waals surface area (Å²) in [7, 11) is 0. The van der Waals surface area contributed by atoms with E-state index in [1.807, 2.05) is 6.92 Å². The number of aromatic amines is 1. The lowest BCUT2D eigenvalue weighted by molar-refractivity contribution is 0.0925. The zero-order chi connectivity index (χ0) is 10.4. The number of nitrogens with two attached hydrogens (primary N) is 1. The van der Waals surface area contributed by atoms with Crippen molar-refractivity contribution in [3.05, 3.63) is 5.82 Å². The van der Waals surface area contributed by atoms with Gasteiger partial charge in [-0.25, -0.2) is 0 Å². The van der Waals surface area contributed by atoms with Gasteiger partial charge in [-0.2, -0.15) is 5.21 Å². The second kappa shape index (κ2) is 5.28. The first-order valence-electron chi connectivity index (χ1n) is 4.52. The van der Waals surface area contributed by atoms with E-state index in [4.69, 9.17) is 5.73 Å². The standard InChI is InChI=1S/C7H14N6O/c1-2-3-5(4-8)9-7(14)6-10-12-13-11-6/h5H,2-4,8H2,1H3,(H,9,14)(H,10,11,12,13). The highest BCUT2D eigenvalue weighted by atomic mass is 16.2. The lowest BCUT2D eigenvalue weighted by Crippen LogP contribution is -2.40. The lowest BCUT2D eigenvalue weighted by atomic mass is 10.1. The van der Waals surface area contributed by atoms with Gasteiger partial charge in [0.25, 0.3) is 11.7 Å². The SMILES string of the molecule is CCCC(CN)NC(=O)c1nn[nH]n1. The fourth-order valence-corrected chi connectivity index (χ4v) is 1.11. The number of carbonyl (C=O) groups is 1. The Balaban J connectivity index is 2.47. The van der Waals surface area contributed by atoms with Gasteiger partial charge < -0.3 is 11.1 Å². The third-order valence-corrected chi connectivity index (χ3v) is 1.81. The van der Waals surface area contributed by atoms with E-state index in [2.05, 4.69) is 25.9 Å². The van der Waals surface area contributed by atoms with E-state index in [-0.39, 0.29) is 17.8 Å². The molecule has 1 amide bonds. The number of amides is 1. The van der Waals surface area contributed by atoms with Gasteiger partial charge in [0.05, 0.1) is 0 Å². The third kappa shape index (κ3) is 2.77. The van der Waals surface area contributed by atoms with Crippen LogP contribution in [0.1, 0.15) is 30.4 Å². The van der Waals surface area contributed by atoms with E-state index in [1.165, 1.54) is 0 Å². The summed E-state index contributed by atoms with van der Waals surface area (Å²) in [5.74, 6) is -0.304. The predicted octanol–water partition coefficient (Wildman–Crippen LogP) is -0.943. The Labute approximate surface area is 81.4 Å². The molecule has 0 aliphatic carbocycles. The fraction of sp³-hybridized carbons (Fsp3) is 0.714. The fourth-order valence-electron chi connectivity index (χ4n) is 1.11. The quantitative estimate of drug-likeness (QED) is 0.565. The summed E-state index contributed by atoms with van der Waals surface area (Å²) >= 11 is 0. The highest BCUT2D eigenvalue weighted by molar-refractivity contribution is 5.90. The van der Waals surface area contributed by atoms with E-state index < -0.39 is 0 Å². The summed E-state index contributed by atoms with van der Waals surface area (Å²) in [6, 6.07) is -0.0222. The van der Waals surface area contributed by atoms with Gasteiger partial charge in [0.2, 0.25) is 0 Å². The Hall–Kier alpha value is -1.50. The highest BCUT2D eigenvalue weighted by Gasteiger charge is 2.14. The first kappa shape index (κ1) is 10.6. The van der Waals surface area contributed by atoms with Crippen molar-refractivity contribution in [1.29, 1.82) is 0 Å². The minimum atomic E-state index is -0.345. The van der Waals surface area contributed by atoms with Crippen LogP contribution >= 0.6 is 0 Å². The number of hydrogen-bond donors (Lipinski definition) is 3. The van der Waals surface area contributed by atoms with Crippen LogP contribution in [0.15, 0.2) is 0 Å². The van der Waals surface area contributed by atoms with Crippen LogP contribution in [0.25, 0.3) is 0 Å². The van der Waals surface area contributed by atoms with Crippen LogP contribution in [0.2, 0.25) is 0 Å². The molecule has 0 aliphatic heterocycles. The molecule has 0 aromatic carbocycles. The Morgan fingerprint density at radius 2 is 2.50 bits per heavy atom. The molecule has 1 atom stereocenters. The van der Waals surface area contributed by atoms with E-state index >= 15 is 0 Å². The number of tetrazole rings is 1. The molecule has 1 heterocycles. The number of rotatable bonds is 5. The topological polar surface area (TPSA) is 110 Å². The second-order valence-electron chi connectivity index (χ2n) is 2.93. The van der Waals surface area contributed by atoms with E-state index in [0.717, 1.165) is 12.8 Å². The molecule has 7 heteroatoms. The van der Waals surface area contributed by atoms with Gasteiger partial charge in [-0.05, 0) is 11.6 Å². The van der Waals surface area contributed by atoms with E-state index in [0.29, 0.717) is 6.54 Å². The van der Waals surface area contributed by atoms with Gasteiger partial charge in [0, 0.05) is 12.6 Å². The molecule has 0 spiro atoms. The van der Waals surface area contributed by atoms with Crippen molar-refractivity contribution in [2.24, 2.45) is 5.73 Å². The van der Waals surface area contributed by atoms with Crippen LogP contribution in [-0.2, 0) is 0 Å². The van der Waals surface area contributed by atoms with Crippen molar-refractivity contribution in [3.63, 3.8) is 0 Å². The molecule has 0 aliphatic rings. The molecule has 1 aromatic heterocycles. The molecule has 78 valence electrons. The molecular formula is C7H14N6O. The molecule has 0 saturated heterocycles. The molecule has 0 fully saturated rings. The smallest absolute Gasteiger partial charge is 0.293 e. The summed E-state index contributed by atoms with van der Waals surface area (Å²) in [5, 5.41) is 15.4. The van der Waals surface area contributed by atoms with Crippen molar-refractivity contribution in [2.75, 3.05) is 6.54 Å². The van der Waals surface area contributed by atoms with Gasteiger partial charge in [0.15, 0.2) is 0 Å². The maximum Gasteiger partial charge on any atom is 0.293 e. The monoisotopic (exact) mass is 198 g/mol. The molecule has 0 bridgehead atoms. The number of hydrogen-bond acceptors (Lipinski definition) is 5. The van der Waals surface area contributed by atoms with Crippen LogP contribution < -0.4 is 11.1 Å². The van der Waals surface area contributed by atoms with E-state index in [9.17, 15) is 4.79 Å². The average Bonchev–Trinajstić information content (AvgIpc) is 2.69. The number of carbonyl (C=O) groups excluding carboxylic acids is 1. The summed E-state index contributed by atoms with van der Waals surface area (Å²) in [6.07, 6.45) is 1.81. The maximum absolute atomic E-state index is 11.4. The lowest BCUT2D eigenvalue weighted by Gasteiger charge is -2.13. The summed E-state index contributed by atoms with van der Waals surface area (Å²) < 4.78 is 0. The Kier molecular flexibility index (Phi) is 3.99. The largest absolute Gasteiger partial charge is 0.345 e. The van der Waals surface area contributed by atoms with Crippen molar-refractivity contribution < 1.29 is 4.79 Å². The van der Waals surface area contributed by atoms with Crippen molar-refractivity contribution in [1.82, 2.24) is 25.9 Å². The van der Waals surface area contributed by atoms with Crippen molar-refractivity contribution >= 4 is 5.91 Å². The molecule has 14 heavy (non-hydrogen) atoms. The number of H-pyrrole nitrogens is 1. The molecule has 4 N–H and O–H groups in total. The van der Waals surface area contributed by atoms with Crippen LogP contribution in [0, 0.1) is 0 Å². The molecule has 7 nitrogen and oxygen atoms in total. The molecule has 1 unspecified atom stereocenters. The minimum absolute atomic E-state index is 0.0222. The number of aromatic nitrogens is 4. The van der Waals surface area contributed by atoms with Crippen molar-refractivity contribution in [2.45, 2.75) is 25.8 Å². The first-order chi connectivity index (χ1) is 6.77. The summed E-state index contributed by atoms with van der Waals surface area (Å²) in [6.45, 7) is 2.45. The normalized spacial score (nSPS) is 12.4. The molecular weight excluding hydrogens is 184 g/mol. The Bertz CT molecular complexity index is 272. The summed E-state index contributed by atoms with van der Waals surface area (Å²) in [5.41, 5.74) is 5.48. The van der Waals surface area contributed by atoms with Crippen LogP contribution in [0.4, 0.5) is 0 Å². The van der Waals surface area contributed by atoms with Gasteiger partial charge >= 0.3 is 0 Å². The van der Waals surface area contributed by atoms with E-state index in [1.54, 1.807) is 0 Å². The molecule has 1 rings (SSSR count). The average molecular weight is 198 g/mol.